The van der Waals surface area contributed by atoms with Gasteiger partial charge in [0.25, 0.3) is 0 Å². The van der Waals surface area contributed by atoms with Crippen LogP contribution in [0.1, 0.15) is 83.1 Å². The van der Waals surface area contributed by atoms with Gasteiger partial charge in [-0.3, -0.25) is 5.41 Å². The number of fused-ring (bicyclic) bond motifs is 4. The zero-order valence-corrected chi connectivity index (χ0v) is 29.5. The van der Waals surface area contributed by atoms with Gasteiger partial charge in [0.15, 0.2) is 40.8 Å². The highest BCUT2D eigenvalue weighted by molar-refractivity contribution is 6.34. The monoisotopic (exact) mass is 638 g/mol. The second-order valence-electron chi connectivity index (χ2n) is 16.0. The maximum atomic E-state index is 10.5. The summed E-state index contributed by atoms with van der Waals surface area (Å²) in [5.41, 5.74) is 1.04. The van der Waals surface area contributed by atoms with E-state index in [2.05, 4.69) is 29.4 Å². The SMILES string of the molecule is CC(C)(C)C1=C2N=C(N=C3N=C(N=C4N=C(NC5=NC(=N2)C(C#N)=C5C(C)(C)C)C(C#N)=C4C(C)(C)C)C(C#N)=C3C(C)(C)C)C1=C=N. The van der Waals surface area contributed by atoms with E-state index in [1.54, 1.807) is 0 Å². The van der Waals surface area contributed by atoms with Crippen molar-refractivity contribution in [3.63, 3.8) is 0 Å². The Morgan fingerprint density at radius 2 is 0.854 bits per heavy atom. The molecule has 0 aliphatic carbocycles. The van der Waals surface area contributed by atoms with Crippen LogP contribution in [-0.2, 0) is 0 Å². The maximum absolute atomic E-state index is 10.5. The number of nitrogens with one attached hydrogen (secondary N) is 2. The van der Waals surface area contributed by atoms with Gasteiger partial charge >= 0.3 is 0 Å². The molecule has 5 heterocycles. The molecule has 0 saturated heterocycles. The number of nitriles is 3. The minimum atomic E-state index is -0.591. The van der Waals surface area contributed by atoms with Crippen LogP contribution in [0.3, 0.4) is 0 Å². The van der Waals surface area contributed by atoms with Crippen LogP contribution in [0.5, 0.6) is 0 Å². The molecule has 48 heavy (non-hydrogen) atoms. The summed E-state index contributed by atoms with van der Waals surface area (Å²) in [6.45, 7) is 23.5. The Kier molecular flexibility index (Phi) is 7.71. The average Bonchev–Trinajstić information content (AvgIpc) is 3.67. The van der Waals surface area contributed by atoms with Gasteiger partial charge in [-0.25, -0.2) is 34.9 Å². The van der Waals surface area contributed by atoms with Gasteiger partial charge < -0.3 is 5.32 Å². The minimum Gasteiger partial charge on any atom is -0.323 e. The molecule has 0 atom stereocenters. The van der Waals surface area contributed by atoms with Crippen molar-refractivity contribution < 1.29 is 0 Å². The fourth-order valence-corrected chi connectivity index (χ4v) is 6.15. The molecule has 5 aliphatic heterocycles. The van der Waals surface area contributed by atoms with Crippen LogP contribution < -0.4 is 5.32 Å². The summed E-state index contributed by atoms with van der Waals surface area (Å²) in [5, 5.41) is 43.0. The highest BCUT2D eigenvalue weighted by Gasteiger charge is 2.41. The van der Waals surface area contributed by atoms with Crippen LogP contribution in [0.15, 0.2) is 85.4 Å². The van der Waals surface area contributed by atoms with E-state index in [9.17, 15) is 15.8 Å². The molecule has 12 nitrogen and oxygen atoms in total. The highest BCUT2D eigenvalue weighted by atomic mass is 15.2. The van der Waals surface area contributed by atoms with E-state index in [1.807, 2.05) is 83.1 Å². The fraction of sp³-hybridized carbons (Fsp3) is 0.444. The third-order valence-electron chi connectivity index (χ3n) is 8.01. The van der Waals surface area contributed by atoms with Gasteiger partial charge in [-0.05, 0) is 27.5 Å². The van der Waals surface area contributed by atoms with Crippen molar-refractivity contribution in [3.05, 3.63) is 50.4 Å². The molecule has 0 unspecified atom stereocenters. The third-order valence-corrected chi connectivity index (χ3v) is 8.01. The van der Waals surface area contributed by atoms with E-state index in [0.29, 0.717) is 33.7 Å². The predicted octanol–water partition coefficient (Wildman–Crippen LogP) is 6.46. The maximum Gasteiger partial charge on any atom is 0.175 e. The first kappa shape index (κ1) is 33.7. The number of nitrogens with zero attached hydrogens (tertiary/aromatic N) is 10. The Bertz CT molecular complexity index is 2120. The van der Waals surface area contributed by atoms with Crippen LogP contribution in [-0.4, -0.2) is 46.7 Å². The molecule has 0 aromatic heterocycles. The molecule has 12 heteroatoms. The molecule has 5 rings (SSSR count). The van der Waals surface area contributed by atoms with Gasteiger partial charge in [-0.2, -0.15) is 15.8 Å². The summed E-state index contributed by atoms with van der Waals surface area (Å²) in [4.78, 5) is 33.7. The molecule has 5 aliphatic rings. The molecule has 0 amide bonds. The molecule has 0 aromatic carbocycles. The standard InChI is InChI=1S/C36H38N12/c1-33(2,3)21-17(13-37)25-41-29(21)45-26-18(14-38)22(34(4,5)6)31(42-26)47-28-20(16-40)24(36(10,11)12)32(44-28)48-27-19(15-39)23(35(7,8)9)30(43-27)46-25/h37H,1-12H3,(H,41,42,43,44,45,46,47,48). The Morgan fingerprint density at radius 3 is 1.35 bits per heavy atom. The van der Waals surface area contributed by atoms with E-state index in [0.717, 1.165) is 0 Å². The van der Waals surface area contributed by atoms with Crippen molar-refractivity contribution in [1.29, 1.82) is 21.2 Å². The van der Waals surface area contributed by atoms with E-state index in [-0.39, 0.29) is 57.6 Å². The number of aliphatic imine (C=N–C) groups is 7. The lowest BCUT2D eigenvalue weighted by Gasteiger charge is -2.23. The number of rotatable bonds is 0. The van der Waals surface area contributed by atoms with E-state index in [4.69, 9.17) is 40.4 Å². The molecule has 0 spiro atoms. The topological polar surface area (TPSA) is 194 Å². The smallest absolute Gasteiger partial charge is 0.175 e. The van der Waals surface area contributed by atoms with Crippen LogP contribution in [0.25, 0.3) is 0 Å². The Labute approximate surface area is 281 Å². The third kappa shape index (κ3) is 5.53. The van der Waals surface area contributed by atoms with Gasteiger partial charge in [0, 0.05) is 22.3 Å². The zero-order valence-electron chi connectivity index (χ0n) is 29.5. The van der Waals surface area contributed by atoms with E-state index in [1.165, 1.54) is 0 Å². The summed E-state index contributed by atoms with van der Waals surface area (Å²) >= 11 is 0. The molecule has 0 fully saturated rings. The van der Waals surface area contributed by atoms with Gasteiger partial charge in [0.2, 0.25) is 0 Å². The average molecular weight is 639 g/mol. The second kappa shape index (κ2) is 11.0. The van der Waals surface area contributed by atoms with Crippen molar-refractivity contribution in [2.45, 2.75) is 83.1 Å². The van der Waals surface area contributed by atoms with Crippen LogP contribution in [0.2, 0.25) is 0 Å². The molecule has 242 valence electrons. The van der Waals surface area contributed by atoms with Crippen LogP contribution in [0.4, 0.5) is 0 Å². The lowest BCUT2D eigenvalue weighted by molar-refractivity contribution is 0.510. The first-order valence-electron chi connectivity index (χ1n) is 15.6. The summed E-state index contributed by atoms with van der Waals surface area (Å²) in [5.74, 6) is 4.12. The van der Waals surface area contributed by atoms with Crippen molar-refractivity contribution in [2.75, 3.05) is 0 Å². The number of hydrogen-bond acceptors (Lipinski definition) is 12. The minimum absolute atomic E-state index is 0.107. The largest absolute Gasteiger partial charge is 0.323 e. The van der Waals surface area contributed by atoms with Crippen molar-refractivity contribution >= 4 is 46.7 Å². The Balaban J connectivity index is 1.96. The molecular formula is C36H38N12. The highest BCUT2D eigenvalue weighted by Crippen LogP contribution is 2.42. The quantitative estimate of drug-likeness (QED) is 0.287. The number of amidine groups is 7. The molecule has 0 radical (unpaired) electrons. The van der Waals surface area contributed by atoms with Gasteiger partial charge in [0.1, 0.15) is 40.8 Å². The van der Waals surface area contributed by atoms with Gasteiger partial charge in [0.05, 0.1) is 5.57 Å². The molecular weight excluding hydrogens is 600 g/mol. The lowest BCUT2D eigenvalue weighted by Crippen LogP contribution is -2.35. The first-order chi connectivity index (χ1) is 22.1. The summed E-state index contributed by atoms with van der Waals surface area (Å²) in [6.07, 6.45) is 0. The summed E-state index contributed by atoms with van der Waals surface area (Å²) < 4.78 is 0. The molecule has 8 bridgehead atoms. The Morgan fingerprint density at radius 1 is 0.458 bits per heavy atom. The fourth-order valence-electron chi connectivity index (χ4n) is 6.15. The normalized spacial score (nSPS) is 19.9. The summed E-state index contributed by atoms with van der Waals surface area (Å²) in [7, 11) is 0. The lowest BCUT2D eigenvalue weighted by atomic mass is 9.82. The van der Waals surface area contributed by atoms with Crippen molar-refractivity contribution in [1.82, 2.24) is 5.32 Å². The first-order valence-corrected chi connectivity index (χ1v) is 15.6. The van der Waals surface area contributed by atoms with Gasteiger partial charge in [-0.15, -0.1) is 0 Å². The van der Waals surface area contributed by atoms with E-state index < -0.39 is 21.7 Å². The predicted molar refractivity (Wildman–Crippen MR) is 189 cm³/mol. The van der Waals surface area contributed by atoms with E-state index >= 15 is 0 Å². The summed E-state index contributed by atoms with van der Waals surface area (Å²) in [6, 6.07) is 6.89. The Hall–Kier alpha value is -5.63. The van der Waals surface area contributed by atoms with Crippen molar-refractivity contribution in [3.8, 4) is 18.2 Å². The molecule has 0 aromatic rings. The number of hydrogen-bond donors (Lipinski definition) is 2. The van der Waals surface area contributed by atoms with Crippen molar-refractivity contribution in [2.24, 2.45) is 56.6 Å². The second-order valence-corrected chi connectivity index (χ2v) is 16.0. The zero-order chi connectivity index (χ0) is 35.7. The van der Waals surface area contributed by atoms with Crippen LogP contribution in [0, 0.1) is 61.1 Å². The molecule has 2 N–H and O–H groups in total. The van der Waals surface area contributed by atoms with Crippen LogP contribution >= 0.6 is 0 Å². The molecule has 0 saturated carbocycles. The van der Waals surface area contributed by atoms with Gasteiger partial charge in [-0.1, -0.05) is 83.1 Å².